The van der Waals surface area contributed by atoms with Gasteiger partial charge in [-0.3, -0.25) is 4.79 Å². The molecule has 1 amide bonds. The number of para-hydroxylation sites is 1. The van der Waals surface area contributed by atoms with Crippen molar-refractivity contribution < 1.29 is 4.79 Å². The van der Waals surface area contributed by atoms with Crippen LogP contribution in [0.2, 0.25) is 0 Å². The molecule has 0 fully saturated rings. The SMILES string of the molecule is CCC1Nc2cccc(C(C)C)c2N(C)C1=O. The number of nitrogens with one attached hydrogen (secondary N) is 1. The van der Waals surface area contributed by atoms with E-state index < -0.39 is 0 Å². The summed E-state index contributed by atoms with van der Waals surface area (Å²) < 4.78 is 0. The van der Waals surface area contributed by atoms with Crippen molar-refractivity contribution in [2.24, 2.45) is 0 Å². The first-order valence-corrected chi connectivity index (χ1v) is 6.23. The van der Waals surface area contributed by atoms with Gasteiger partial charge in [-0.05, 0) is 24.0 Å². The van der Waals surface area contributed by atoms with E-state index in [9.17, 15) is 4.79 Å². The number of benzene rings is 1. The van der Waals surface area contributed by atoms with E-state index in [1.807, 2.05) is 20.0 Å². The van der Waals surface area contributed by atoms with Crippen LogP contribution in [0, 0.1) is 0 Å². The van der Waals surface area contributed by atoms with Gasteiger partial charge in [0, 0.05) is 7.05 Å². The normalized spacial score (nSPS) is 19.2. The Hall–Kier alpha value is -1.51. The Labute approximate surface area is 103 Å². The molecule has 0 bridgehead atoms. The van der Waals surface area contributed by atoms with Crippen LogP contribution in [-0.4, -0.2) is 19.0 Å². The molecule has 17 heavy (non-hydrogen) atoms. The Kier molecular flexibility index (Phi) is 3.09. The fraction of sp³-hybridized carbons (Fsp3) is 0.500. The summed E-state index contributed by atoms with van der Waals surface area (Å²) in [7, 11) is 1.87. The second-order valence-electron chi connectivity index (χ2n) is 4.90. The lowest BCUT2D eigenvalue weighted by atomic mass is 9.96. The van der Waals surface area contributed by atoms with Crippen LogP contribution in [0.5, 0.6) is 0 Å². The molecule has 0 aliphatic carbocycles. The predicted molar refractivity (Wildman–Crippen MR) is 71.6 cm³/mol. The minimum Gasteiger partial charge on any atom is -0.372 e. The fourth-order valence-electron chi connectivity index (χ4n) is 2.39. The van der Waals surface area contributed by atoms with Crippen LogP contribution in [0.3, 0.4) is 0 Å². The summed E-state index contributed by atoms with van der Waals surface area (Å²) in [5.41, 5.74) is 3.34. The molecule has 0 saturated heterocycles. The number of amides is 1. The van der Waals surface area contributed by atoms with Crippen molar-refractivity contribution in [1.82, 2.24) is 0 Å². The first-order chi connectivity index (χ1) is 8.06. The van der Waals surface area contributed by atoms with Gasteiger partial charge in [-0.25, -0.2) is 0 Å². The number of hydrogen-bond donors (Lipinski definition) is 1. The lowest BCUT2D eigenvalue weighted by Crippen LogP contribution is -2.45. The Morgan fingerprint density at radius 3 is 2.71 bits per heavy atom. The van der Waals surface area contributed by atoms with E-state index in [1.165, 1.54) is 5.56 Å². The molecule has 1 unspecified atom stereocenters. The lowest BCUT2D eigenvalue weighted by Gasteiger charge is -2.34. The Balaban J connectivity index is 2.52. The Morgan fingerprint density at radius 1 is 1.41 bits per heavy atom. The van der Waals surface area contributed by atoms with Crippen LogP contribution in [0.25, 0.3) is 0 Å². The van der Waals surface area contributed by atoms with Crippen molar-refractivity contribution in [1.29, 1.82) is 0 Å². The Morgan fingerprint density at radius 2 is 2.12 bits per heavy atom. The van der Waals surface area contributed by atoms with Crippen LogP contribution < -0.4 is 10.2 Å². The number of fused-ring (bicyclic) bond motifs is 1. The van der Waals surface area contributed by atoms with Crippen molar-refractivity contribution in [3.63, 3.8) is 0 Å². The topological polar surface area (TPSA) is 32.3 Å². The van der Waals surface area contributed by atoms with E-state index in [1.54, 1.807) is 4.90 Å². The fourth-order valence-corrected chi connectivity index (χ4v) is 2.39. The van der Waals surface area contributed by atoms with Gasteiger partial charge in [0.15, 0.2) is 0 Å². The van der Waals surface area contributed by atoms with E-state index in [2.05, 4.69) is 31.3 Å². The molecular weight excluding hydrogens is 212 g/mol. The number of likely N-dealkylation sites (N-methyl/N-ethyl adjacent to an activating group) is 1. The quantitative estimate of drug-likeness (QED) is 0.850. The molecule has 2 rings (SSSR count). The molecular formula is C14H20N2O. The number of carbonyl (C=O) groups is 1. The molecule has 1 aliphatic heterocycles. The van der Waals surface area contributed by atoms with Crippen molar-refractivity contribution in [2.45, 2.75) is 39.2 Å². The highest BCUT2D eigenvalue weighted by Crippen LogP contribution is 2.37. The van der Waals surface area contributed by atoms with Crippen molar-refractivity contribution in [3.8, 4) is 0 Å². The monoisotopic (exact) mass is 232 g/mol. The summed E-state index contributed by atoms with van der Waals surface area (Å²) in [5.74, 6) is 0.577. The zero-order valence-corrected chi connectivity index (χ0v) is 10.9. The third-order valence-electron chi connectivity index (χ3n) is 3.39. The molecule has 3 heteroatoms. The van der Waals surface area contributed by atoms with Gasteiger partial charge in [0.05, 0.1) is 11.4 Å². The van der Waals surface area contributed by atoms with E-state index in [4.69, 9.17) is 0 Å². The van der Waals surface area contributed by atoms with Gasteiger partial charge in [0.1, 0.15) is 6.04 Å². The third-order valence-corrected chi connectivity index (χ3v) is 3.39. The summed E-state index contributed by atoms with van der Waals surface area (Å²) >= 11 is 0. The number of anilines is 2. The molecule has 0 radical (unpaired) electrons. The smallest absolute Gasteiger partial charge is 0.249 e. The number of nitrogens with zero attached hydrogens (tertiary/aromatic N) is 1. The highest BCUT2D eigenvalue weighted by atomic mass is 16.2. The zero-order chi connectivity index (χ0) is 12.6. The number of rotatable bonds is 2. The summed E-state index contributed by atoms with van der Waals surface area (Å²) in [6, 6.07) is 6.11. The van der Waals surface area contributed by atoms with Crippen molar-refractivity contribution in [2.75, 3.05) is 17.3 Å². The molecule has 92 valence electrons. The summed E-state index contributed by atoms with van der Waals surface area (Å²) in [6.45, 7) is 6.33. The molecule has 0 aromatic heterocycles. The summed E-state index contributed by atoms with van der Waals surface area (Å²) in [5, 5.41) is 3.33. The highest BCUT2D eigenvalue weighted by Gasteiger charge is 2.30. The largest absolute Gasteiger partial charge is 0.372 e. The van der Waals surface area contributed by atoms with E-state index in [-0.39, 0.29) is 11.9 Å². The molecule has 1 atom stereocenters. The lowest BCUT2D eigenvalue weighted by molar-refractivity contribution is -0.119. The van der Waals surface area contributed by atoms with Gasteiger partial charge in [0.2, 0.25) is 5.91 Å². The van der Waals surface area contributed by atoms with Gasteiger partial charge in [-0.1, -0.05) is 32.9 Å². The zero-order valence-electron chi connectivity index (χ0n) is 10.9. The first-order valence-electron chi connectivity index (χ1n) is 6.23. The summed E-state index contributed by atoms with van der Waals surface area (Å²) in [4.78, 5) is 14.0. The molecule has 1 aromatic rings. The maximum absolute atomic E-state index is 12.2. The van der Waals surface area contributed by atoms with Gasteiger partial charge in [0.25, 0.3) is 0 Å². The molecule has 1 aliphatic rings. The van der Waals surface area contributed by atoms with Crippen LogP contribution in [0.1, 0.15) is 38.7 Å². The van der Waals surface area contributed by atoms with Crippen LogP contribution in [-0.2, 0) is 4.79 Å². The summed E-state index contributed by atoms with van der Waals surface area (Å²) in [6.07, 6.45) is 0.814. The average Bonchev–Trinajstić information content (AvgIpc) is 2.32. The van der Waals surface area contributed by atoms with Gasteiger partial charge in [-0.15, -0.1) is 0 Å². The molecule has 0 saturated carbocycles. The molecule has 1 aromatic carbocycles. The minimum absolute atomic E-state index is 0.0880. The van der Waals surface area contributed by atoms with Gasteiger partial charge >= 0.3 is 0 Å². The minimum atomic E-state index is -0.0880. The first kappa shape index (κ1) is 12.0. The molecule has 3 nitrogen and oxygen atoms in total. The van der Waals surface area contributed by atoms with Crippen LogP contribution in [0.15, 0.2) is 18.2 Å². The van der Waals surface area contributed by atoms with Gasteiger partial charge < -0.3 is 10.2 Å². The molecule has 1 N–H and O–H groups in total. The number of hydrogen-bond acceptors (Lipinski definition) is 2. The van der Waals surface area contributed by atoms with Crippen LogP contribution >= 0.6 is 0 Å². The third kappa shape index (κ3) is 1.90. The predicted octanol–water partition coefficient (Wildman–Crippen LogP) is 2.98. The second kappa shape index (κ2) is 4.40. The highest BCUT2D eigenvalue weighted by molar-refractivity contribution is 6.05. The average molecular weight is 232 g/mol. The maximum atomic E-state index is 12.2. The van der Waals surface area contributed by atoms with Gasteiger partial charge in [-0.2, -0.15) is 0 Å². The standard InChI is InChI=1S/C14H20N2O/c1-5-11-14(17)16(4)13-10(9(2)3)7-6-8-12(13)15-11/h6-9,11,15H,5H2,1-4H3. The Bertz CT molecular complexity index is 440. The maximum Gasteiger partial charge on any atom is 0.249 e. The molecule has 0 spiro atoms. The van der Waals surface area contributed by atoms with E-state index in [0.717, 1.165) is 17.8 Å². The number of carbonyl (C=O) groups excluding carboxylic acids is 1. The van der Waals surface area contributed by atoms with E-state index in [0.29, 0.717) is 5.92 Å². The van der Waals surface area contributed by atoms with Crippen LogP contribution in [0.4, 0.5) is 11.4 Å². The van der Waals surface area contributed by atoms with Crippen molar-refractivity contribution >= 4 is 17.3 Å². The second-order valence-corrected chi connectivity index (χ2v) is 4.90. The van der Waals surface area contributed by atoms with Crippen molar-refractivity contribution in [3.05, 3.63) is 23.8 Å². The molecule has 1 heterocycles. The van der Waals surface area contributed by atoms with E-state index >= 15 is 0 Å².